The van der Waals surface area contributed by atoms with Crippen molar-refractivity contribution in [1.29, 1.82) is 0 Å². The molecule has 2 aromatic rings. The fourth-order valence-corrected chi connectivity index (χ4v) is 3.89. The molecule has 1 aliphatic rings. The molecule has 1 aliphatic carbocycles. The number of anilines is 1. The molecule has 3 rings (SSSR count). The summed E-state index contributed by atoms with van der Waals surface area (Å²) in [4.78, 5) is 18.4. The van der Waals surface area contributed by atoms with E-state index in [4.69, 9.17) is 23.2 Å². The lowest BCUT2D eigenvalue weighted by molar-refractivity contribution is -0.395. The Morgan fingerprint density at radius 3 is 2.58 bits per heavy atom. The number of rotatable bonds is 4. The molecule has 2 N–H and O–H groups in total. The molecule has 6 heteroatoms. The van der Waals surface area contributed by atoms with Gasteiger partial charge >= 0.3 is 6.03 Å². The predicted octanol–water partition coefficient (Wildman–Crippen LogP) is 5.74. The number of carbonyl (C=O) groups is 1. The van der Waals surface area contributed by atoms with Crippen molar-refractivity contribution in [2.45, 2.75) is 51.1 Å². The highest BCUT2D eigenvalue weighted by Gasteiger charge is 2.32. The summed E-state index contributed by atoms with van der Waals surface area (Å²) in [6.07, 6.45) is 7.52. The average Bonchev–Trinajstić information content (AvgIpc) is 2.66. The van der Waals surface area contributed by atoms with Crippen LogP contribution in [-0.4, -0.2) is 17.0 Å². The van der Waals surface area contributed by atoms with Gasteiger partial charge in [0.15, 0.2) is 6.20 Å². The number of aromatic nitrogens is 1. The minimum absolute atomic E-state index is 0.0536. The number of nitrogens with zero attached hydrogens (tertiary/aromatic N) is 1. The van der Waals surface area contributed by atoms with Crippen LogP contribution in [0.25, 0.3) is 0 Å². The monoisotopic (exact) mass is 392 g/mol. The van der Waals surface area contributed by atoms with Gasteiger partial charge in [-0.3, -0.25) is 0 Å². The molecule has 0 aliphatic heterocycles. The van der Waals surface area contributed by atoms with Crippen LogP contribution in [0.4, 0.5) is 10.5 Å². The van der Waals surface area contributed by atoms with Crippen LogP contribution in [0.1, 0.15) is 50.8 Å². The number of aromatic amines is 1. The number of halogens is 2. The van der Waals surface area contributed by atoms with Crippen molar-refractivity contribution >= 4 is 34.9 Å². The fourth-order valence-electron chi connectivity index (χ4n) is 3.60. The number of benzene rings is 1. The molecule has 1 aromatic carbocycles. The lowest BCUT2D eigenvalue weighted by Crippen LogP contribution is -2.46. The zero-order valence-corrected chi connectivity index (χ0v) is 16.4. The first kappa shape index (κ1) is 19.0. The molecule has 1 saturated carbocycles. The lowest BCUT2D eigenvalue weighted by Gasteiger charge is -2.37. The number of urea groups is 1. The molecule has 1 fully saturated rings. The number of H-pyrrole nitrogens is 1. The highest BCUT2D eigenvalue weighted by atomic mass is 35.5. The summed E-state index contributed by atoms with van der Waals surface area (Å²) in [7, 11) is 0. The molecule has 0 saturated heterocycles. The van der Waals surface area contributed by atoms with Crippen LogP contribution in [0.2, 0.25) is 10.0 Å². The van der Waals surface area contributed by atoms with E-state index in [0.29, 0.717) is 15.7 Å². The molecule has 26 heavy (non-hydrogen) atoms. The van der Waals surface area contributed by atoms with Gasteiger partial charge in [-0.2, -0.15) is 0 Å². The van der Waals surface area contributed by atoms with E-state index in [1.165, 1.54) is 6.42 Å². The van der Waals surface area contributed by atoms with Crippen LogP contribution in [0.15, 0.2) is 42.6 Å². The van der Waals surface area contributed by atoms with Crippen LogP contribution in [0.3, 0.4) is 0 Å². The zero-order chi connectivity index (χ0) is 18.5. The van der Waals surface area contributed by atoms with Gasteiger partial charge in [-0.25, -0.2) is 9.78 Å². The van der Waals surface area contributed by atoms with Gasteiger partial charge < -0.3 is 10.2 Å². The third-order valence-electron chi connectivity index (χ3n) is 4.97. The molecule has 1 atom stereocenters. The number of nitrogens with one attached hydrogen (secondary N) is 2. The molecule has 0 spiro atoms. The summed E-state index contributed by atoms with van der Waals surface area (Å²) >= 11 is 12.1. The van der Waals surface area contributed by atoms with E-state index in [2.05, 4.69) is 17.2 Å². The topological polar surface area (TPSA) is 46.5 Å². The van der Waals surface area contributed by atoms with Crippen LogP contribution in [0, 0.1) is 0 Å². The van der Waals surface area contributed by atoms with Gasteiger partial charge in [0.05, 0.1) is 10.0 Å². The molecule has 2 amide bonds. The quantitative estimate of drug-likeness (QED) is 0.708. The summed E-state index contributed by atoms with van der Waals surface area (Å²) in [5.74, 6) is 0. The molecule has 0 bridgehead atoms. The SMILES string of the molecule is CC(c1cccc[nH+]1)N(C(=O)Nc1ccc(Cl)c(Cl)c1)C1CCCCC1. The van der Waals surface area contributed by atoms with E-state index in [1.54, 1.807) is 18.2 Å². The van der Waals surface area contributed by atoms with Crippen LogP contribution in [0.5, 0.6) is 0 Å². The van der Waals surface area contributed by atoms with Crippen molar-refractivity contribution in [3.8, 4) is 0 Å². The zero-order valence-electron chi connectivity index (χ0n) is 14.8. The van der Waals surface area contributed by atoms with E-state index in [0.717, 1.165) is 31.4 Å². The van der Waals surface area contributed by atoms with Gasteiger partial charge in [0.2, 0.25) is 5.69 Å². The number of amides is 2. The predicted molar refractivity (Wildman–Crippen MR) is 106 cm³/mol. The van der Waals surface area contributed by atoms with Crippen molar-refractivity contribution in [3.05, 3.63) is 58.3 Å². The summed E-state index contributed by atoms with van der Waals surface area (Å²) in [5.41, 5.74) is 1.66. The lowest BCUT2D eigenvalue weighted by atomic mass is 9.93. The van der Waals surface area contributed by atoms with E-state index in [-0.39, 0.29) is 18.1 Å². The van der Waals surface area contributed by atoms with Gasteiger partial charge in [0.25, 0.3) is 0 Å². The van der Waals surface area contributed by atoms with Gasteiger partial charge in [0, 0.05) is 23.9 Å². The van der Waals surface area contributed by atoms with E-state index in [9.17, 15) is 4.79 Å². The Hall–Kier alpha value is -1.78. The molecule has 1 heterocycles. The fraction of sp³-hybridized carbons (Fsp3) is 0.400. The molecule has 138 valence electrons. The minimum Gasteiger partial charge on any atom is -0.309 e. The standard InChI is InChI=1S/C20H23Cl2N3O/c1-14(19-9-5-6-12-23-19)25(16-7-3-2-4-8-16)20(26)24-15-10-11-17(21)18(22)13-15/h5-6,9-14,16H,2-4,7-8H2,1H3,(H,24,26)/p+1. The second-order valence-corrected chi connectivity index (χ2v) is 7.57. The third-order valence-corrected chi connectivity index (χ3v) is 5.71. The molecule has 0 radical (unpaired) electrons. The molecule has 1 unspecified atom stereocenters. The van der Waals surface area contributed by atoms with Gasteiger partial charge in [-0.1, -0.05) is 48.5 Å². The smallest absolute Gasteiger partial charge is 0.309 e. The third kappa shape index (κ3) is 4.49. The summed E-state index contributed by atoms with van der Waals surface area (Å²) in [6.45, 7) is 2.06. The second-order valence-electron chi connectivity index (χ2n) is 6.75. The van der Waals surface area contributed by atoms with Crippen LogP contribution in [-0.2, 0) is 0 Å². The number of pyridine rings is 1. The first-order valence-electron chi connectivity index (χ1n) is 9.07. The minimum atomic E-state index is -0.111. The van der Waals surface area contributed by atoms with Crippen molar-refractivity contribution in [2.75, 3.05) is 5.32 Å². The second kappa shape index (κ2) is 8.74. The first-order valence-corrected chi connectivity index (χ1v) is 9.83. The Bertz CT molecular complexity index is 748. The summed E-state index contributed by atoms with van der Waals surface area (Å²) in [5, 5.41) is 3.89. The van der Waals surface area contributed by atoms with Crippen molar-refractivity contribution in [3.63, 3.8) is 0 Å². The number of carbonyl (C=O) groups excluding carboxylic acids is 1. The number of hydrogen-bond donors (Lipinski definition) is 1. The van der Waals surface area contributed by atoms with Gasteiger partial charge in [0.1, 0.15) is 6.04 Å². The van der Waals surface area contributed by atoms with E-state index < -0.39 is 0 Å². The largest absolute Gasteiger partial charge is 0.322 e. The maximum absolute atomic E-state index is 13.1. The maximum Gasteiger partial charge on any atom is 0.322 e. The van der Waals surface area contributed by atoms with Crippen molar-refractivity contribution in [1.82, 2.24) is 4.90 Å². The molecule has 4 nitrogen and oxygen atoms in total. The van der Waals surface area contributed by atoms with Crippen molar-refractivity contribution in [2.24, 2.45) is 0 Å². The Balaban J connectivity index is 1.83. The Labute approximate surface area is 164 Å². The molecular weight excluding hydrogens is 369 g/mol. The van der Waals surface area contributed by atoms with Crippen LogP contribution >= 0.6 is 23.2 Å². The molecule has 1 aromatic heterocycles. The highest BCUT2D eigenvalue weighted by Crippen LogP contribution is 2.30. The van der Waals surface area contributed by atoms with Gasteiger partial charge in [-0.05, 0) is 38.0 Å². The first-order chi connectivity index (χ1) is 12.6. The highest BCUT2D eigenvalue weighted by molar-refractivity contribution is 6.42. The van der Waals surface area contributed by atoms with Crippen LogP contribution < -0.4 is 10.3 Å². The summed E-state index contributed by atoms with van der Waals surface area (Å²) in [6, 6.07) is 11.2. The number of hydrogen-bond acceptors (Lipinski definition) is 1. The van der Waals surface area contributed by atoms with Crippen molar-refractivity contribution < 1.29 is 9.78 Å². The Morgan fingerprint density at radius 2 is 1.92 bits per heavy atom. The van der Waals surface area contributed by atoms with Gasteiger partial charge in [-0.15, -0.1) is 0 Å². The van der Waals surface area contributed by atoms with E-state index >= 15 is 0 Å². The normalized spacial score (nSPS) is 16.1. The summed E-state index contributed by atoms with van der Waals surface area (Å²) < 4.78 is 0. The van der Waals surface area contributed by atoms with E-state index in [1.807, 2.05) is 29.3 Å². The maximum atomic E-state index is 13.1. The Morgan fingerprint density at radius 1 is 1.15 bits per heavy atom. The molecular formula is C20H24Cl2N3O+. The average molecular weight is 393 g/mol. The Kier molecular flexibility index (Phi) is 6.38.